The Bertz CT molecular complexity index is 1360. The van der Waals surface area contributed by atoms with Crippen molar-refractivity contribution >= 4 is 5.69 Å². The van der Waals surface area contributed by atoms with E-state index in [4.69, 9.17) is 4.74 Å². The lowest BCUT2D eigenvalue weighted by Crippen LogP contribution is -2.49. The maximum absolute atomic E-state index is 12.6. The van der Waals surface area contributed by atoms with Crippen LogP contribution >= 0.6 is 0 Å². The van der Waals surface area contributed by atoms with Crippen molar-refractivity contribution in [3.8, 4) is 11.1 Å². The van der Waals surface area contributed by atoms with Crippen LogP contribution in [-0.4, -0.2) is 60.0 Å². The van der Waals surface area contributed by atoms with Crippen molar-refractivity contribution in [2.45, 2.75) is 72.3 Å². The number of aromatic nitrogens is 1. The van der Waals surface area contributed by atoms with Gasteiger partial charge in [-0.1, -0.05) is 24.3 Å². The molecule has 40 heavy (non-hydrogen) atoms. The summed E-state index contributed by atoms with van der Waals surface area (Å²) in [5.41, 5.74) is 10.2. The number of aliphatic hydroxyl groups excluding tert-OH is 1. The molecule has 7 heteroatoms. The molecule has 5 rings (SSSR count). The number of nitrogens with one attached hydrogen (secondary N) is 2. The average molecular weight is 545 g/mol. The molecule has 0 unspecified atom stereocenters. The average Bonchev–Trinajstić information content (AvgIpc) is 2.92. The van der Waals surface area contributed by atoms with E-state index < -0.39 is 0 Å². The van der Waals surface area contributed by atoms with Crippen molar-refractivity contribution in [2.24, 2.45) is 0 Å². The highest BCUT2D eigenvalue weighted by Crippen LogP contribution is 2.34. The van der Waals surface area contributed by atoms with Crippen molar-refractivity contribution in [2.75, 3.05) is 37.7 Å². The first-order chi connectivity index (χ1) is 19.3. The van der Waals surface area contributed by atoms with Crippen molar-refractivity contribution < 1.29 is 9.84 Å². The Morgan fingerprint density at radius 3 is 2.40 bits per heavy atom. The van der Waals surface area contributed by atoms with E-state index in [-0.39, 0.29) is 11.7 Å². The number of rotatable bonds is 10. The zero-order chi connectivity index (χ0) is 28.2. The fourth-order valence-electron chi connectivity index (χ4n) is 6.18. The Kier molecular flexibility index (Phi) is 9.06. The van der Waals surface area contributed by atoms with Gasteiger partial charge in [0.2, 0.25) is 0 Å². The summed E-state index contributed by atoms with van der Waals surface area (Å²) in [4.78, 5) is 20.3. The molecule has 2 aliphatic rings. The number of ether oxygens (including phenoxy) is 1. The van der Waals surface area contributed by atoms with Crippen LogP contribution in [0.15, 0.2) is 47.3 Å². The second-order valence-corrected chi connectivity index (χ2v) is 11.5. The second kappa shape index (κ2) is 12.7. The van der Waals surface area contributed by atoms with Gasteiger partial charge in [-0.2, -0.15) is 0 Å². The molecule has 2 saturated heterocycles. The minimum atomic E-state index is -0.178. The Labute approximate surface area is 238 Å². The van der Waals surface area contributed by atoms with Gasteiger partial charge >= 0.3 is 0 Å². The first-order valence-corrected chi connectivity index (χ1v) is 14.7. The molecule has 0 aliphatic carbocycles. The van der Waals surface area contributed by atoms with Gasteiger partial charge < -0.3 is 25.0 Å². The largest absolute Gasteiger partial charge is 0.390 e. The monoisotopic (exact) mass is 544 g/mol. The molecular formula is C33H44N4O3. The molecule has 3 aromatic rings. The summed E-state index contributed by atoms with van der Waals surface area (Å²) in [6, 6.07) is 16.0. The molecule has 2 aromatic carbocycles. The minimum absolute atomic E-state index is 0.0133. The zero-order valence-electron chi connectivity index (χ0n) is 24.4. The van der Waals surface area contributed by atoms with E-state index >= 15 is 0 Å². The molecule has 0 atom stereocenters. The Morgan fingerprint density at radius 2 is 1.75 bits per heavy atom. The third kappa shape index (κ3) is 6.50. The van der Waals surface area contributed by atoms with Crippen LogP contribution in [-0.2, 0) is 24.4 Å². The molecular weight excluding hydrogens is 500 g/mol. The predicted molar refractivity (Wildman–Crippen MR) is 162 cm³/mol. The molecule has 0 bridgehead atoms. The number of aromatic amines is 1. The summed E-state index contributed by atoms with van der Waals surface area (Å²) in [7, 11) is 0. The van der Waals surface area contributed by atoms with Crippen LogP contribution in [0.25, 0.3) is 11.1 Å². The molecule has 0 amide bonds. The van der Waals surface area contributed by atoms with E-state index in [2.05, 4.69) is 70.3 Å². The number of aryl methyl sites for hydroxylation is 2. The van der Waals surface area contributed by atoms with Crippen LogP contribution in [0.3, 0.4) is 0 Å². The van der Waals surface area contributed by atoms with Gasteiger partial charge in [0.15, 0.2) is 0 Å². The molecule has 7 nitrogen and oxygen atoms in total. The summed E-state index contributed by atoms with van der Waals surface area (Å²) in [6.45, 7) is 14.6. The first-order valence-electron chi connectivity index (χ1n) is 14.7. The number of hydrogen-bond donors (Lipinski definition) is 3. The molecule has 0 radical (unpaired) electrons. The Morgan fingerprint density at radius 1 is 1.02 bits per heavy atom. The molecule has 3 heterocycles. The highest BCUT2D eigenvalue weighted by Gasteiger charge is 2.25. The number of aliphatic hydroxyl groups is 1. The van der Waals surface area contributed by atoms with E-state index in [0.29, 0.717) is 19.1 Å². The van der Waals surface area contributed by atoms with Crippen LogP contribution in [0.4, 0.5) is 5.69 Å². The summed E-state index contributed by atoms with van der Waals surface area (Å²) in [5, 5.41) is 13.2. The standard InChI is InChI=1S/C33H44N4O3/c1-5-37(29-10-12-40-13-11-29)32-16-27(26-8-6-25(7-9-26)19-36-20-30(38)21-36)15-28(24(32)4)17-34-18-31-22(2)14-23(3)35-33(31)39/h6-9,14-16,29-30,34,38H,5,10-13,17-21H2,1-4H3,(H,35,39). The first kappa shape index (κ1) is 28.6. The summed E-state index contributed by atoms with van der Waals surface area (Å²) in [5.74, 6) is 0. The van der Waals surface area contributed by atoms with Crippen LogP contribution in [0.2, 0.25) is 0 Å². The fraction of sp³-hybridized carbons (Fsp3) is 0.485. The third-order valence-corrected chi connectivity index (χ3v) is 8.51. The number of β-amino-alcohol motifs (C(OH)–C–C–N with tert-alkyl or cyclic N) is 1. The van der Waals surface area contributed by atoms with Crippen molar-refractivity contribution in [3.05, 3.63) is 86.3 Å². The lowest BCUT2D eigenvalue weighted by Gasteiger charge is -2.37. The number of nitrogens with zero attached hydrogens (tertiary/aromatic N) is 2. The molecule has 214 valence electrons. The van der Waals surface area contributed by atoms with Gasteiger partial charge in [0.1, 0.15) is 0 Å². The molecule has 3 N–H and O–H groups in total. The number of likely N-dealkylation sites (tertiary alicyclic amines) is 1. The van der Waals surface area contributed by atoms with Gasteiger partial charge in [-0.25, -0.2) is 0 Å². The molecule has 2 fully saturated rings. The number of anilines is 1. The predicted octanol–water partition coefficient (Wildman–Crippen LogP) is 4.44. The lowest BCUT2D eigenvalue weighted by atomic mass is 9.95. The van der Waals surface area contributed by atoms with Gasteiger partial charge in [-0.3, -0.25) is 9.69 Å². The lowest BCUT2D eigenvalue weighted by molar-refractivity contribution is -0.00286. The fourth-order valence-corrected chi connectivity index (χ4v) is 6.18. The van der Waals surface area contributed by atoms with Crippen LogP contribution in [0.5, 0.6) is 0 Å². The maximum atomic E-state index is 12.6. The topological polar surface area (TPSA) is 80.8 Å². The number of hydrogen-bond acceptors (Lipinski definition) is 6. The molecule has 0 spiro atoms. The third-order valence-electron chi connectivity index (χ3n) is 8.51. The smallest absolute Gasteiger partial charge is 0.252 e. The zero-order valence-corrected chi connectivity index (χ0v) is 24.4. The minimum Gasteiger partial charge on any atom is -0.390 e. The maximum Gasteiger partial charge on any atom is 0.252 e. The van der Waals surface area contributed by atoms with E-state index in [1.807, 2.05) is 19.9 Å². The van der Waals surface area contributed by atoms with E-state index in [1.54, 1.807) is 0 Å². The van der Waals surface area contributed by atoms with Gasteiger partial charge in [0.25, 0.3) is 5.56 Å². The van der Waals surface area contributed by atoms with Crippen molar-refractivity contribution in [1.82, 2.24) is 15.2 Å². The quantitative estimate of drug-likeness (QED) is 0.350. The second-order valence-electron chi connectivity index (χ2n) is 11.5. The van der Waals surface area contributed by atoms with Crippen LogP contribution in [0, 0.1) is 20.8 Å². The normalized spacial score (nSPS) is 16.7. The molecule has 0 saturated carbocycles. The Balaban J connectivity index is 1.42. The van der Waals surface area contributed by atoms with Gasteiger partial charge in [0.05, 0.1) is 6.10 Å². The van der Waals surface area contributed by atoms with Crippen LogP contribution in [0.1, 0.15) is 53.3 Å². The van der Waals surface area contributed by atoms with Gasteiger partial charge in [-0.15, -0.1) is 0 Å². The highest BCUT2D eigenvalue weighted by molar-refractivity contribution is 5.73. The summed E-state index contributed by atoms with van der Waals surface area (Å²) < 4.78 is 5.67. The van der Waals surface area contributed by atoms with Crippen molar-refractivity contribution in [1.29, 1.82) is 0 Å². The molecule has 1 aromatic heterocycles. The SMILES string of the molecule is CCN(c1cc(-c2ccc(CN3CC(O)C3)cc2)cc(CNCc2c(C)cc(C)[nH]c2=O)c1C)C1CCOCC1. The molecule has 2 aliphatic heterocycles. The van der Waals surface area contributed by atoms with Crippen molar-refractivity contribution in [3.63, 3.8) is 0 Å². The number of H-pyrrole nitrogens is 1. The van der Waals surface area contributed by atoms with E-state index in [1.165, 1.54) is 33.5 Å². The Hall–Kier alpha value is -2.97. The summed E-state index contributed by atoms with van der Waals surface area (Å²) in [6.07, 6.45) is 1.91. The number of benzene rings is 2. The van der Waals surface area contributed by atoms with Gasteiger partial charge in [-0.05, 0) is 92.1 Å². The van der Waals surface area contributed by atoms with Crippen LogP contribution < -0.4 is 15.8 Å². The van der Waals surface area contributed by atoms with E-state index in [0.717, 1.165) is 69.1 Å². The highest BCUT2D eigenvalue weighted by atomic mass is 16.5. The summed E-state index contributed by atoms with van der Waals surface area (Å²) >= 11 is 0. The number of pyridine rings is 1. The van der Waals surface area contributed by atoms with E-state index in [9.17, 15) is 9.90 Å². The van der Waals surface area contributed by atoms with Gasteiger partial charge in [0, 0.05) is 75.5 Å².